The number of amides is 1. The number of fused-ring (bicyclic) bond motifs is 3. The number of rotatable bonds is 5. The lowest BCUT2D eigenvalue weighted by Gasteiger charge is -2.32. The molecule has 0 unspecified atom stereocenters. The Bertz CT molecular complexity index is 1150. The molecule has 1 saturated heterocycles. The molecule has 1 aromatic carbocycles. The summed E-state index contributed by atoms with van der Waals surface area (Å²) in [7, 11) is -3.76. The van der Waals surface area contributed by atoms with Crippen LogP contribution in [0.2, 0.25) is 0 Å². The number of anilines is 1. The SMILES string of the molecule is CCOC(=O)N1CCN(S(=O)(=O)Nc2nc3ccc4nc(SC)sc4c3s2)CC1. The van der Waals surface area contributed by atoms with Gasteiger partial charge in [0.2, 0.25) is 0 Å². The van der Waals surface area contributed by atoms with Gasteiger partial charge in [0.15, 0.2) is 9.47 Å². The smallest absolute Gasteiger partial charge is 0.409 e. The first-order valence-corrected chi connectivity index (χ1v) is 13.1. The maximum atomic E-state index is 12.8. The van der Waals surface area contributed by atoms with Crippen LogP contribution in [-0.4, -0.2) is 72.7 Å². The zero-order valence-corrected chi connectivity index (χ0v) is 19.0. The van der Waals surface area contributed by atoms with Gasteiger partial charge in [0.1, 0.15) is 0 Å². The number of thioether (sulfide) groups is 1. The molecule has 3 aromatic rings. The van der Waals surface area contributed by atoms with Crippen LogP contribution in [0, 0.1) is 0 Å². The van der Waals surface area contributed by atoms with Crippen molar-refractivity contribution in [1.82, 2.24) is 19.2 Å². The number of hydrogen-bond acceptors (Lipinski definition) is 9. The summed E-state index contributed by atoms with van der Waals surface area (Å²) in [6, 6.07) is 3.76. The van der Waals surface area contributed by atoms with Gasteiger partial charge in [0, 0.05) is 26.2 Å². The minimum Gasteiger partial charge on any atom is -0.450 e. The summed E-state index contributed by atoms with van der Waals surface area (Å²) in [5, 5.41) is 0.319. The van der Waals surface area contributed by atoms with Crippen molar-refractivity contribution in [2.75, 3.05) is 43.8 Å². The standard InChI is InChI=1S/C16H19N5O4S4/c1-3-25-16(22)20-6-8-21(9-7-20)29(23,24)19-14-17-10-4-5-11-13(12(10)27-14)28-15(18-11)26-2/h4-5H,3,6-9H2,1-2H3,(H,17,19). The first-order chi connectivity index (χ1) is 13.9. The summed E-state index contributed by atoms with van der Waals surface area (Å²) in [5.41, 5.74) is 1.63. The average molecular weight is 474 g/mol. The molecule has 1 aliphatic rings. The lowest BCUT2D eigenvalue weighted by molar-refractivity contribution is 0.0935. The van der Waals surface area contributed by atoms with E-state index in [1.165, 1.54) is 20.5 Å². The third kappa shape index (κ3) is 4.14. The van der Waals surface area contributed by atoms with E-state index in [1.54, 1.807) is 30.0 Å². The minimum atomic E-state index is -3.76. The van der Waals surface area contributed by atoms with Gasteiger partial charge in [0.05, 0.1) is 27.0 Å². The van der Waals surface area contributed by atoms with Crippen molar-refractivity contribution in [3.63, 3.8) is 0 Å². The second-order valence-corrected chi connectivity index (χ2v) is 10.9. The molecule has 29 heavy (non-hydrogen) atoms. The summed E-state index contributed by atoms with van der Waals surface area (Å²) in [6.45, 7) is 3.02. The predicted octanol–water partition coefficient (Wildman–Crippen LogP) is 3.06. The Balaban J connectivity index is 1.51. The Morgan fingerprint density at radius 2 is 1.83 bits per heavy atom. The topological polar surface area (TPSA) is 105 Å². The van der Waals surface area contributed by atoms with Gasteiger partial charge in [0.25, 0.3) is 0 Å². The molecule has 1 N–H and O–H groups in total. The van der Waals surface area contributed by atoms with Crippen molar-refractivity contribution in [2.24, 2.45) is 0 Å². The molecule has 0 aliphatic carbocycles. The second-order valence-electron chi connectivity index (χ2n) is 6.16. The molecule has 1 amide bonds. The molecular formula is C16H19N5O4S4. The third-order valence-electron chi connectivity index (χ3n) is 4.39. The number of thiazole rings is 2. The summed E-state index contributed by atoms with van der Waals surface area (Å²) in [6.07, 6.45) is 1.56. The summed E-state index contributed by atoms with van der Waals surface area (Å²) in [4.78, 5) is 22.3. The highest BCUT2D eigenvalue weighted by molar-refractivity contribution is 8.00. The molecule has 0 bridgehead atoms. The van der Waals surface area contributed by atoms with Crippen molar-refractivity contribution in [3.8, 4) is 0 Å². The number of ether oxygens (including phenoxy) is 1. The van der Waals surface area contributed by atoms with Gasteiger partial charge in [-0.05, 0) is 25.3 Å². The van der Waals surface area contributed by atoms with Crippen molar-refractivity contribution in [2.45, 2.75) is 11.3 Å². The van der Waals surface area contributed by atoms with Gasteiger partial charge in [-0.3, -0.25) is 0 Å². The van der Waals surface area contributed by atoms with Crippen LogP contribution in [0.4, 0.5) is 9.93 Å². The molecule has 13 heteroatoms. The van der Waals surface area contributed by atoms with Gasteiger partial charge < -0.3 is 9.64 Å². The molecule has 156 valence electrons. The largest absolute Gasteiger partial charge is 0.450 e. The lowest BCUT2D eigenvalue weighted by atomic mass is 10.3. The summed E-state index contributed by atoms with van der Waals surface area (Å²) < 4.78 is 37.3. The van der Waals surface area contributed by atoms with Crippen molar-refractivity contribution in [1.29, 1.82) is 0 Å². The van der Waals surface area contributed by atoms with E-state index in [0.717, 1.165) is 24.8 Å². The van der Waals surface area contributed by atoms with Crippen molar-refractivity contribution < 1.29 is 17.9 Å². The van der Waals surface area contributed by atoms with E-state index in [1.807, 2.05) is 18.4 Å². The maximum Gasteiger partial charge on any atom is 0.409 e. The molecule has 0 saturated carbocycles. The minimum absolute atomic E-state index is 0.204. The van der Waals surface area contributed by atoms with Crippen LogP contribution < -0.4 is 4.72 Å². The Kier molecular flexibility index (Phi) is 5.84. The quantitative estimate of drug-likeness (QED) is 0.568. The van der Waals surface area contributed by atoms with Crippen LogP contribution in [0.5, 0.6) is 0 Å². The van der Waals surface area contributed by atoms with Crippen LogP contribution in [0.3, 0.4) is 0 Å². The highest BCUT2D eigenvalue weighted by Gasteiger charge is 2.30. The fourth-order valence-electron chi connectivity index (χ4n) is 2.98. The van der Waals surface area contributed by atoms with E-state index < -0.39 is 16.3 Å². The number of benzene rings is 1. The highest BCUT2D eigenvalue weighted by atomic mass is 32.2. The number of carbonyl (C=O) groups excluding carboxylic acids is 1. The van der Waals surface area contributed by atoms with E-state index in [2.05, 4.69) is 14.7 Å². The Labute approximate surface area is 180 Å². The fourth-order valence-corrected chi connectivity index (χ4v) is 7.02. The fraction of sp³-hybridized carbons (Fsp3) is 0.438. The number of carbonyl (C=O) groups is 1. The molecule has 0 spiro atoms. The molecule has 0 radical (unpaired) electrons. The Hall–Kier alpha value is -1.67. The molecular weight excluding hydrogens is 454 g/mol. The van der Waals surface area contributed by atoms with E-state index in [9.17, 15) is 13.2 Å². The van der Waals surface area contributed by atoms with Gasteiger partial charge in [-0.2, -0.15) is 12.7 Å². The van der Waals surface area contributed by atoms with E-state index in [0.29, 0.717) is 24.8 Å². The van der Waals surface area contributed by atoms with Gasteiger partial charge in [-0.15, -0.1) is 11.3 Å². The van der Waals surface area contributed by atoms with Crippen LogP contribution in [0.15, 0.2) is 16.5 Å². The number of piperazine rings is 1. The third-order valence-corrected chi connectivity index (χ3v) is 9.22. The molecule has 3 heterocycles. The maximum absolute atomic E-state index is 12.8. The van der Waals surface area contributed by atoms with Crippen molar-refractivity contribution in [3.05, 3.63) is 12.1 Å². The molecule has 1 fully saturated rings. The van der Waals surface area contributed by atoms with Crippen LogP contribution in [-0.2, 0) is 14.9 Å². The number of nitrogens with one attached hydrogen (secondary N) is 1. The van der Waals surface area contributed by atoms with Crippen LogP contribution >= 0.6 is 34.4 Å². The Morgan fingerprint density at radius 3 is 2.48 bits per heavy atom. The monoisotopic (exact) mass is 473 g/mol. The van der Waals surface area contributed by atoms with Gasteiger partial charge >= 0.3 is 16.3 Å². The molecule has 1 aliphatic heterocycles. The van der Waals surface area contributed by atoms with E-state index in [-0.39, 0.29) is 13.1 Å². The molecule has 4 rings (SSSR count). The first-order valence-electron chi connectivity index (χ1n) is 8.85. The summed E-state index contributed by atoms with van der Waals surface area (Å²) in [5.74, 6) is 0. The number of nitrogens with zero attached hydrogens (tertiary/aromatic N) is 4. The predicted molar refractivity (Wildman–Crippen MR) is 117 cm³/mol. The zero-order chi connectivity index (χ0) is 20.6. The molecule has 0 atom stereocenters. The molecule has 9 nitrogen and oxygen atoms in total. The second kappa shape index (κ2) is 8.22. The highest BCUT2D eigenvalue weighted by Crippen LogP contribution is 2.38. The number of aromatic nitrogens is 2. The van der Waals surface area contributed by atoms with Crippen LogP contribution in [0.25, 0.3) is 20.4 Å². The normalized spacial score (nSPS) is 15.9. The number of hydrogen-bond donors (Lipinski definition) is 1. The molecule has 2 aromatic heterocycles. The van der Waals surface area contributed by atoms with Crippen LogP contribution in [0.1, 0.15) is 6.92 Å². The van der Waals surface area contributed by atoms with Crippen molar-refractivity contribution >= 4 is 76.3 Å². The van der Waals surface area contributed by atoms with E-state index in [4.69, 9.17) is 4.74 Å². The van der Waals surface area contributed by atoms with Gasteiger partial charge in [-0.25, -0.2) is 19.5 Å². The lowest BCUT2D eigenvalue weighted by Crippen LogP contribution is -2.51. The zero-order valence-electron chi connectivity index (χ0n) is 15.7. The Morgan fingerprint density at radius 1 is 1.17 bits per heavy atom. The average Bonchev–Trinajstić information content (AvgIpc) is 3.30. The van der Waals surface area contributed by atoms with E-state index >= 15 is 0 Å². The summed E-state index contributed by atoms with van der Waals surface area (Å²) >= 11 is 4.46. The van der Waals surface area contributed by atoms with Gasteiger partial charge in [-0.1, -0.05) is 23.1 Å². The first kappa shape index (κ1) is 20.6.